The van der Waals surface area contributed by atoms with Gasteiger partial charge in [-0.2, -0.15) is 0 Å². The van der Waals surface area contributed by atoms with Crippen LogP contribution in [0.15, 0.2) is 24.3 Å². The quantitative estimate of drug-likeness (QED) is 0.783. The molecule has 0 radical (unpaired) electrons. The number of aliphatic hydroxyl groups is 2. The smallest absolute Gasteiger partial charge is 0.197 e. The molecule has 5 nitrogen and oxygen atoms in total. The number of aliphatic hydroxyl groups excluding tert-OH is 1. The Labute approximate surface area is 111 Å². The molecule has 3 atom stereocenters. The van der Waals surface area contributed by atoms with Crippen molar-refractivity contribution in [3.8, 4) is 0 Å². The summed E-state index contributed by atoms with van der Waals surface area (Å²) in [5.41, 5.74) is -0.538. The molecule has 2 rings (SSSR count). The summed E-state index contributed by atoms with van der Waals surface area (Å²) in [6.45, 7) is 1.36. The third-order valence-electron chi connectivity index (χ3n) is 3.54. The number of hydrogen-bond acceptors (Lipinski definition) is 5. The molecule has 0 bridgehead atoms. The van der Waals surface area contributed by atoms with Crippen LogP contribution in [0.5, 0.6) is 0 Å². The van der Waals surface area contributed by atoms with Crippen molar-refractivity contribution in [2.24, 2.45) is 0 Å². The van der Waals surface area contributed by atoms with Crippen LogP contribution >= 0.6 is 0 Å². The maximum Gasteiger partial charge on any atom is 0.197 e. The van der Waals surface area contributed by atoms with Gasteiger partial charge in [-0.25, -0.2) is 0 Å². The molecule has 1 aromatic carbocycles. The monoisotopic (exact) mass is 266 g/mol. The SMILES string of the molecule is CO[C@@H]1C[C@@](O)(C(=O)c2ccccc2C)[C@@H](CO)O1. The maximum absolute atomic E-state index is 12.5. The van der Waals surface area contributed by atoms with Crippen LogP contribution < -0.4 is 0 Å². The standard InChI is InChI=1S/C14H18O5/c1-9-5-3-4-6-10(9)13(16)14(17)7-12(18-2)19-11(14)8-15/h3-6,11-12,15,17H,7-8H2,1-2H3/t11-,12+,14+/m1/s1. The van der Waals surface area contributed by atoms with Gasteiger partial charge >= 0.3 is 0 Å². The molecule has 0 aromatic heterocycles. The summed E-state index contributed by atoms with van der Waals surface area (Å²) in [6.07, 6.45) is -1.64. The van der Waals surface area contributed by atoms with Gasteiger partial charge < -0.3 is 19.7 Å². The van der Waals surface area contributed by atoms with E-state index in [4.69, 9.17) is 9.47 Å². The van der Waals surface area contributed by atoms with E-state index in [1.54, 1.807) is 25.1 Å². The van der Waals surface area contributed by atoms with E-state index in [9.17, 15) is 15.0 Å². The molecule has 1 fully saturated rings. The summed E-state index contributed by atoms with van der Waals surface area (Å²) in [5, 5.41) is 19.9. The summed E-state index contributed by atoms with van der Waals surface area (Å²) in [7, 11) is 1.43. The summed E-state index contributed by atoms with van der Waals surface area (Å²) >= 11 is 0. The summed E-state index contributed by atoms with van der Waals surface area (Å²) in [4.78, 5) is 12.5. The van der Waals surface area contributed by atoms with Gasteiger partial charge in [0.25, 0.3) is 0 Å². The Hall–Kier alpha value is -1.27. The first-order valence-corrected chi connectivity index (χ1v) is 6.15. The van der Waals surface area contributed by atoms with E-state index >= 15 is 0 Å². The van der Waals surface area contributed by atoms with Gasteiger partial charge in [0.2, 0.25) is 0 Å². The predicted octanol–water partition coefficient (Wildman–Crippen LogP) is 0.663. The summed E-state index contributed by atoms with van der Waals surface area (Å²) in [6, 6.07) is 7.02. The molecule has 0 amide bonds. The number of ketones is 1. The van der Waals surface area contributed by atoms with Crippen LogP contribution in [0.25, 0.3) is 0 Å². The van der Waals surface area contributed by atoms with Gasteiger partial charge in [0, 0.05) is 19.1 Å². The molecule has 0 unspecified atom stereocenters. The van der Waals surface area contributed by atoms with Crippen LogP contribution in [-0.4, -0.2) is 47.7 Å². The van der Waals surface area contributed by atoms with E-state index in [1.807, 2.05) is 6.07 Å². The second-order valence-corrected chi connectivity index (χ2v) is 4.74. The molecule has 1 aromatic rings. The van der Waals surface area contributed by atoms with Crippen molar-refractivity contribution < 1.29 is 24.5 Å². The van der Waals surface area contributed by atoms with Gasteiger partial charge in [0.05, 0.1) is 6.61 Å². The lowest BCUT2D eigenvalue weighted by molar-refractivity contribution is -0.131. The first-order valence-electron chi connectivity index (χ1n) is 6.15. The van der Waals surface area contributed by atoms with Crippen molar-refractivity contribution in [2.45, 2.75) is 31.3 Å². The van der Waals surface area contributed by atoms with E-state index < -0.39 is 30.4 Å². The van der Waals surface area contributed by atoms with E-state index in [-0.39, 0.29) is 6.42 Å². The Balaban J connectivity index is 2.34. The molecule has 5 heteroatoms. The first kappa shape index (κ1) is 14.1. The minimum absolute atomic E-state index is 0.0158. The Kier molecular flexibility index (Phi) is 4.01. The molecular weight excluding hydrogens is 248 g/mol. The van der Waals surface area contributed by atoms with Crippen molar-refractivity contribution in [3.63, 3.8) is 0 Å². The lowest BCUT2D eigenvalue weighted by atomic mass is 9.85. The molecule has 1 aliphatic heterocycles. The Morgan fingerprint density at radius 1 is 1.53 bits per heavy atom. The number of Topliss-reactive ketones (excluding diaryl/α,β-unsaturated/α-hetero) is 1. The average molecular weight is 266 g/mol. The number of hydrogen-bond donors (Lipinski definition) is 2. The van der Waals surface area contributed by atoms with Crippen LogP contribution in [-0.2, 0) is 9.47 Å². The fourth-order valence-electron chi connectivity index (χ4n) is 2.36. The van der Waals surface area contributed by atoms with Crippen LogP contribution in [0, 0.1) is 6.92 Å². The van der Waals surface area contributed by atoms with E-state index in [0.717, 1.165) is 5.56 Å². The van der Waals surface area contributed by atoms with E-state index in [1.165, 1.54) is 7.11 Å². The highest BCUT2D eigenvalue weighted by Gasteiger charge is 2.53. The van der Waals surface area contributed by atoms with Crippen LogP contribution in [0.4, 0.5) is 0 Å². The number of benzene rings is 1. The molecule has 19 heavy (non-hydrogen) atoms. The van der Waals surface area contributed by atoms with Gasteiger partial charge in [-0.05, 0) is 12.5 Å². The van der Waals surface area contributed by atoms with Crippen LogP contribution in [0.3, 0.4) is 0 Å². The number of methoxy groups -OCH3 is 1. The van der Waals surface area contributed by atoms with Crippen LogP contribution in [0.2, 0.25) is 0 Å². The third-order valence-corrected chi connectivity index (χ3v) is 3.54. The minimum Gasteiger partial charge on any atom is -0.394 e. The highest BCUT2D eigenvalue weighted by atomic mass is 16.7. The number of rotatable bonds is 4. The van der Waals surface area contributed by atoms with E-state index in [2.05, 4.69) is 0 Å². The third kappa shape index (κ3) is 2.42. The van der Waals surface area contributed by atoms with Crippen molar-refractivity contribution >= 4 is 5.78 Å². The predicted molar refractivity (Wildman–Crippen MR) is 67.8 cm³/mol. The number of ether oxygens (including phenoxy) is 2. The number of carbonyl (C=O) groups excluding carboxylic acids is 1. The largest absolute Gasteiger partial charge is 0.394 e. The molecule has 1 saturated heterocycles. The van der Waals surface area contributed by atoms with Crippen molar-refractivity contribution in [3.05, 3.63) is 35.4 Å². The maximum atomic E-state index is 12.5. The Bertz CT molecular complexity index is 473. The van der Waals surface area contributed by atoms with Crippen molar-refractivity contribution in [1.82, 2.24) is 0 Å². The highest BCUT2D eigenvalue weighted by molar-refractivity contribution is 6.04. The van der Waals surface area contributed by atoms with Gasteiger partial charge in [-0.1, -0.05) is 24.3 Å². The first-order chi connectivity index (χ1) is 9.02. The zero-order valence-electron chi connectivity index (χ0n) is 11.0. The molecule has 0 aliphatic carbocycles. The average Bonchev–Trinajstić information content (AvgIpc) is 2.76. The molecule has 0 spiro atoms. The Morgan fingerprint density at radius 3 is 2.79 bits per heavy atom. The van der Waals surface area contributed by atoms with Crippen molar-refractivity contribution in [1.29, 1.82) is 0 Å². The molecule has 104 valence electrons. The minimum atomic E-state index is -1.75. The normalized spacial score (nSPS) is 30.5. The fraction of sp³-hybridized carbons (Fsp3) is 0.500. The lowest BCUT2D eigenvalue weighted by Gasteiger charge is -2.25. The topological polar surface area (TPSA) is 76.0 Å². The van der Waals surface area contributed by atoms with Crippen molar-refractivity contribution in [2.75, 3.05) is 13.7 Å². The van der Waals surface area contributed by atoms with Gasteiger partial charge in [0.1, 0.15) is 6.10 Å². The number of aryl methyl sites for hydroxylation is 1. The summed E-state index contributed by atoms with van der Waals surface area (Å²) in [5.74, 6) is -0.441. The molecule has 0 saturated carbocycles. The highest BCUT2D eigenvalue weighted by Crippen LogP contribution is 2.34. The lowest BCUT2D eigenvalue weighted by Crippen LogP contribution is -2.48. The zero-order valence-corrected chi connectivity index (χ0v) is 11.0. The molecule has 1 heterocycles. The van der Waals surface area contributed by atoms with Gasteiger partial charge in [-0.15, -0.1) is 0 Å². The second kappa shape index (κ2) is 5.38. The Morgan fingerprint density at radius 2 is 2.21 bits per heavy atom. The molecular formula is C14H18O5. The second-order valence-electron chi connectivity index (χ2n) is 4.74. The van der Waals surface area contributed by atoms with Gasteiger partial charge in [0.15, 0.2) is 17.7 Å². The fourth-order valence-corrected chi connectivity index (χ4v) is 2.36. The van der Waals surface area contributed by atoms with Crippen LogP contribution in [0.1, 0.15) is 22.3 Å². The zero-order chi connectivity index (χ0) is 14.0. The number of carbonyl (C=O) groups is 1. The van der Waals surface area contributed by atoms with E-state index in [0.29, 0.717) is 5.56 Å². The molecule has 2 N–H and O–H groups in total. The summed E-state index contributed by atoms with van der Waals surface area (Å²) < 4.78 is 10.3. The van der Waals surface area contributed by atoms with Gasteiger partial charge in [-0.3, -0.25) is 4.79 Å². The molecule has 1 aliphatic rings.